The lowest BCUT2D eigenvalue weighted by atomic mass is 10.0. The van der Waals surface area contributed by atoms with Crippen molar-refractivity contribution in [3.05, 3.63) is 58.1 Å². The topological polar surface area (TPSA) is 46.0 Å². The Bertz CT molecular complexity index is 557. The zero-order valence-electron chi connectivity index (χ0n) is 10.4. The predicted octanol–water partition coefficient (Wildman–Crippen LogP) is 3.02. The van der Waals surface area contributed by atoms with E-state index < -0.39 is 6.10 Å². The second kappa shape index (κ2) is 5.46. The summed E-state index contributed by atoms with van der Waals surface area (Å²) in [6.07, 6.45) is 3.13. The predicted molar refractivity (Wildman–Crippen MR) is 71.6 cm³/mol. The first-order valence-electron chi connectivity index (χ1n) is 5.78. The van der Waals surface area contributed by atoms with Crippen molar-refractivity contribution < 1.29 is 5.11 Å². The summed E-state index contributed by atoms with van der Waals surface area (Å²) in [6.45, 7) is 3.84. The molecular formula is C14H15ClN2O. The Labute approximate surface area is 111 Å². The standard InChI is InChI=1S/C14H15ClN2O/c1-9-3-4-12(10(2)17-9)14(18)7-11-5-6-16-8-13(11)15/h3-6,8,14,18H,7H2,1-2H3. The number of pyridine rings is 2. The van der Waals surface area contributed by atoms with Crippen LogP contribution >= 0.6 is 11.6 Å². The number of aliphatic hydroxyl groups is 1. The van der Waals surface area contributed by atoms with E-state index in [2.05, 4.69) is 9.97 Å². The molecule has 1 N–H and O–H groups in total. The Morgan fingerprint density at radius 3 is 2.72 bits per heavy atom. The smallest absolute Gasteiger partial charge is 0.0848 e. The summed E-state index contributed by atoms with van der Waals surface area (Å²) in [5.74, 6) is 0. The van der Waals surface area contributed by atoms with Crippen molar-refractivity contribution in [2.24, 2.45) is 0 Å². The van der Waals surface area contributed by atoms with Gasteiger partial charge in [0, 0.05) is 35.8 Å². The van der Waals surface area contributed by atoms with Crippen LogP contribution in [0.2, 0.25) is 5.02 Å². The summed E-state index contributed by atoms with van der Waals surface area (Å²) in [5, 5.41) is 10.8. The molecule has 0 aliphatic rings. The molecule has 0 aromatic carbocycles. The average Bonchev–Trinajstić information content (AvgIpc) is 2.32. The molecule has 2 heterocycles. The van der Waals surface area contributed by atoms with Gasteiger partial charge in [-0.15, -0.1) is 0 Å². The van der Waals surface area contributed by atoms with Crippen LogP contribution in [-0.2, 0) is 6.42 Å². The molecule has 0 bridgehead atoms. The SMILES string of the molecule is Cc1ccc(C(O)Cc2ccncc2Cl)c(C)n1. The molecule has 3 nitrogen and oxygen atoms in total. The Balaban J connectivity index is 2.22. The van der Waals surface area contributed by atoms with E-state index in [0.717, 1.165) is 22.5 Å². The molecule has 0 aliphatic heterocycles. The number of aryl methyl sites for hydroxylation is 2. The molecular weight excluding hydrogens is 248 g/mol. The summed E-state index contributed by atoms with van der Waals surface area (Å²) in [4.78, 5) is 8.28. The van der Waals surface area contributed by atoms with Crippen LogP contribution < -0.4 is 0 Å². The van der Waals surface area contributed by atoms with Gasteiger partial charge in [0.05, 0.1) is 11.1 Å². The largest absolute Gasteiger partial charge is 0.388 e. The van der Waals surface area contributed by atoms with Crippen molar-refractivity contribution in [1.82, 2.24) is 9.97 Å². The molecule has 1 atom stereocenters. The molecule has 2 rings (SSSR count). The highest BCUT2D eigenvalue weighted by molar-refractivity contribution is 6.31. The number of hydrogen-bond acceptors (Lipinski definition) is 3. The molecule has 2 aromatic rings. The zero-order chi connectivity index (χ0) is 13.1. The van der Waals surface area contributed by atoms with Gasteiger partial charge in [0.2, 0.25) is 0 Å². The lowest BCUT2D eigenvalue weighted by molar-refractivity contribution is 0.177. The molecule has 0 fully saturated rings. The second-order valence-corrected chi connectivity index (χ2v) is 4.72. The van der Waals surface area contributed by atoms with Crippen molar-refractivity contribution in [2.75, 3.05) is 0 Å². The van der Waals surface area contributed by atoms with Gasteiger partial charge in [-0.25, -0.2) is 0 Å². The van der Waals surface area contributed by atoms with Crippen molar-refractivity contribution in [3.63, 3.8) is 0 Å². The van der Waals surface area contributed by atoms with E-state index in [4.69, 9.17) is 11.6 Å². The fourth-order valence-corrected chi connectivity index (χ4v) is 2.13. The van der Waals surface area contributed by atoms with E-state index in [1.807, 2.05) is 32.0 Å². The molecule has 0 saturated heterocycles. The lowest BCUT2D eigenvalue weighted by Crippen LogP contribution is -2.06. The van der Waals surface area contributed by atoms with Crippen molar-refractivity contribution in [3.8, 4) is 0 Å². The van der Waals surface area contributed by atoms with E-state index >= 15 is 0 Å². The molecule has 2 aromatic heterocycles. The van der Waals surface area contributed by atoms with Gasteiger partial charge in [0.1, 0.15) is 0 Å². The number of rotatable bonds is 3. The van der Waals surface area contributed by atoms with Crippen LogP contribution in [0.4, 0.5) is 0 Å². The fraction of sp³-hybridized carbons (Fsp3) is 0.286. The molecule has 0 amide bonds. The molecule has 0 saturated carbocycles. The van der Waals surface area contributed by atoms with Gasteiger partial charge in [-0.2, -0.15) is 0 Å². The summed E-state index contributed by atoms with van der Waals surface area (Å²) >= 11 is 6.03. The third kappa shape index (κ3) is 2.86. The van der Waals surface area contributed by atoms with Gasteiger partial charge in [0.25, 0.3) is 0 Å². The van der Waals surface area contributed by atoms with E-state index in [1.165, 1.54) is 0 Å². The molecule has 94 valence electrons. The first kappa shape index (κ1) is 13.0. The Morgan fingerprint density at radius 2 is 2.06 bits per heavy atom. The quantitative estimate of drug-likeness (QED) is 0.925. The highest BCUT2D eigenvalue weighted by Gasteiger charge is 2.13. The Morgan fingerprint density at radius 1 is 1.28 bits per heavy atom. The highest BCUT2D eigenvalue weighted by atomic mass is 35.5. The van der Waals surface area contributed by atoms with Gasteiger partial charge < -0.3 is 5.11 Å². The van der Waals surface area contributed by atoms with Crippen molar-refractivity contribution in [1.29, 1.82) is 0 Å². The number of halogens is 1. The van der Waals surface area contributed by atoms with Gasteiger partial charge in [-0.05, 0) is 31.5 Å². The minimum absolute atomic E-state index is 0.465. The molecule has 0 aliphatic carbocycles. The minimum Gasteiger partial charge on any atom is -0.388 e. The van der Waals surface area contributed by atoms with E-state index in [9.17, 15) is 5.11 Å². The minimum atomic E-state index is -0.599. The van der Waals surface area contributed by atoms with Crippen molar-refractivity contribution in [2.45, 2.75) is 26.4 Å². The molecule has 18 heavy (non-hydrogen) atoms. The first-order chi connectivity index (χ1) is 8.58. The lowest BCUT2D eigenvalue weighted by Gasteiger charge is -2.14. The van der Waals surface area contributed by atoms with E-state index in [1.54, 1.807) is 12.4 Å². The first-order valence-corrected chi connectivity index (χ1v) is 6.16. The Hall–Kier alpha value is -1.45. The number of aromatic nitrogens is 2. The second-order valence-electron chi connectivity index (χ2n) is 4.31. The summed E-state index contributed by atoms with van der Waals surface area (Å²) in [6, 6.07) is 5.64. The van der Waals surface area contributed by atoms with Gasteiger partial charge in [0.15, 0.2) is 0 Å². The van der Waals surface area contributed by atoms with Crippen LogP contribution in [0.5, 0.6) is 0 Å². The van der Waals surface area contributed by atoms with Crippen LogP contribution in [-0.4, -0.2) is 15.1 Å². The van der Waals surface area contributed by atoms with Gasteiger partial charge in [-0.3, -0.25) is 9.97 Å². The zero-order valence-corrected chi connectivity index (χ0v) is 11.1. The van der Waals surface area contributed by atoms with Crippen LogP contribution in [0, 0.1) is 13.8 Å². The van der Waals surface area contributed by atoms with Crippen LogP contribution in [0.3, 0.4) is 0 Å². The van der Waals surface area contributed by atoms with Crippen molar-refractivity contribution >= 4 is 11.6 Å². The molecule has 0 spiro atoms. The number of hydrogen-bond donors (Lipinski definition) is 1. The number of aliphatic hydroxyl groups excluding tert-OH is 1. The third-order valence-electron chi connectivity index (χ3n) is 2.89. The highest BCUT2D eigenvalue weighted by Crippen LogP contribution is 2.24. The van der Waals surface area contributed by atoms with E-state index in [0.29, 0.717) is 11.4 Å². The summed E-state index contributed by atoms with van der Waals surface area (Å²) < 4.78 is 0. The summed E-state index contributed by atoms with van der Waals surface area (Å²) in [5.41, 5.74) is 3.53. The molecule has 4 heteroatoms. The number of nitrogens with zero attached hydrogens (tertiary/aromatic N) is 2. The van der Waals surface area contributed by atoms with Crippen LogP contribution in [0.1, 0.15) is 28.6 Å². The van der Waals surface area contributed by atoms with E-state index in [-0.39, 0.29) is 0 Å². The van der Waals surface area contributed by atoms with Gasteiger partial charge >= 0.3 is 0 Å². The van der Waals surface area contributed by atoms with Crippen LogP contribution in [0.15, 0.2) is 30.6 Å². The normalized spacial score (nSPS) is 12.4. The third-order valence-corrected chi connectivity index (χ3v) is 3.23. The maximum atomic E-state index is 10.3. The van der Waals surface area contributed by atoms with Crippen LogP contribution in [0.25, 0.3) is 0 Å². The maximum absolute atomic E-state index is 10.3. The monoisotopic (exact) mass is 262 g/mol. The fourth-order valence-electron chi connectivity index (χ4n) is 1.94. The average molecular weight is 263 g/mol. The molecule has 1 unspecified atom stereocenters. The Kier molecular flexibility index (Phi) is 3.94. The van der Waals surface area contributed by atoms with Gasteiger partial charge in [-0.1, -0.05) is 17.7 Å². The maximum Gasteiger partial charge on any atom is 0.0848 e. The molecule has 0 radical (unpaired) electrons. The summed E-state index contributed by atoms with van der Waals surface area (Å²) in [7, 11) is 0.